The first-order valence-electron chi connectivity index (χ1n) is 7.30. The van der Waals surface area contributed by atoms with Crippen molar-refractivity contribution in [1.82, 2.24) is 0 Å². The fraction of sp³-hybridized carbons (Fsp3) is 0.118. The van der Waals surface area contributed by atoms with Crippen molar-refractivity contribution in [2.45, 2.75) is 6.92 Å². The van der Waals surface area contributed by atoms with E-state index in [9.17, 15) is 24.5 Å². The van der Waals surface area contributed by atoms with E-state index in [1.54, 1.807) is 0 Å². The maximum Gasteiger partial charge on any atom is 0.345 e. The summed E-state index contributed by atoms with van der Waals surface area (Å²) in [5, 5.41) is 13.6. The average molecular weight is 377 g/mol. The minimum Gasteiger partial charge on any atom is -0.454 e. The summed E-state index contributed by atoms with van der Waals surface area (Å²) >= 11 is 5.68. The first kappa shape index (κ1) is 19.1. The van der Waals surface area contributed by atoms with Gasteiger partial charge in [-0.1, -0.05) is 11.6 Å². The van der Waals surface area contributed by atoms with Crippen molar-refractivity contribution in [3.05, 3.63) is 68.7 Å². The highest BCUT2D eigenvalue weighted by Gasteiger charge is 2.22. The molecule has 0 heterocycles. The summed E-state index contributed by atoms with van der Waals surface area (Å²) < 4.78 is 4.86. The molecule has 0 spiro atoms. The molecular weight excluding hydrogens is 364 g/mol. The van der Waals surface area contributed by atoms with E-state index in [4.69, 9.17) is 16.3 Å². The number of ether oxygens (including phenoxy) is 1. The highest BCUT2D eigenvalue weighted by atomic mass is 35.5. The maximum absolute atomic E-state index is 12.1. The van der Waals surface area contributed by atoms with Crippen LogP contribution in [-0.4, -0.2) is 29.2 Å². The van der Waals surface area contributed by atoms with E-state index in [0.29, 0.717) is 5.69 Å². The van der Waals surface area contributed by atoms with Crippen molar-refractivity contribution in [3.8, 4) is 0 Å². The minimum atomic E-state index is -1.00. The third-order valence-corrected chi connectivity index (χ3v) is 3.47. The summed E-state index contributed by atoms with van der Waals surface area (Å²) in [7, 11) is 0. The standard InChI is InChI=1S/C17H13ClN2O6/c1-10(21)19-13-5-2-11(3-6-13)16(22)9-26-17(23)14-7-4-12(18)8-15(14)20(24)25/h2-8H,9H2,1H3,(H,19,21). The zero-order valence-corrected chi connectivity index (χ0v) is 14.3. The van der Waals surface area contributed by atoms with Crippen LogP contribution in [0.25, 0.3) is 0 Å². The van der Waals surface area contributed by atoms with Gasteiger partial charge in [0, 0.05) is 29.3 Å². The van der Waals surface area contributed by atoms with Gasteiger partial charge in [0.2, 0.25) is 5.91 Å². The highest BCUT2D eigenvalue weighted by Crippen LogP contribution is 2.24. The Kier molecular flexibility index (Phi) is 6.03. The average Bonchev–Trinajstić information content (AvgIpc) is 2.59. The van der Waals surface area contributed by atoms with E-state index in [2.05, 4.69) is 5.32 Å². The van der Waals surface area contributed by atoms with Gasteiger partial charge in [-0.15, -0.1) is 0 Å². The van der Waals surface area contributed by atoms with Crippen molar-refractivity contribution in [2.75, 3.05) is 11.9 Å². The molecule has 134 valence electrons. The fourth-order valence-corrected chi connectivity index (χ4v) is 2.23. The number of anilines is 1. The van der Waals surface area contributed by atoms with E-state index in [1.165, 1.54) is 37.3 Å². The van der Waals surface area contributed by atoms with Gasteiger partial charge in [0.05, 0.1) is 4.92 Å². The van der Waals surface area contributed by atoms with Crippen molar-refractivity contribution >= 4 is 40.6 Å². The molecule has 0 aliphatic carbocycles. The third-order valence-electron chi connectivity index (χ3n) is 3.24. The number of nitrogens with one attached hydrogen (secondary N) is 1. The topological polar surface area (TPSA) is 116 Å². The Labute approximate surface area is 152 Å². The summed E-state index contributed by atoms with van der Waals surface area (Å²) in [5.41, 5.74) is -0.0249. The fourth-order valence-electron chi connectivity index (χ4n) is 2.06. The summed E-state index contributed by atoms with van der Waals surface area (Å²) in [6.45, 7) is 0.770. The molecule has 0 aliphatic rings. The lowest BCUT2D eigenvalue weighted by atomic mass is 10.1. The zero-order valence-electron chi connectivity index (χ0n) is 13.5. The molecule has 0 aromatic heterocycles. The monoisotopic (exact) mass is 376 g/mol. The second-order valence-electron chi connectivity index (χ2n) is 5.18. The summed E-state index contributed by atoms with van der Waals surface area (Å²) in [6, 6.07) is 9.49. The number of hydrogen-bond donors (Lipinski definition) is 1. The number of carbonyl (C=O) groups is 3. The van der Waals surface area contributed by atoms with Crippen molar-refractivity contribution in [3.63, 3.8) is 0 Å². The molecule has 0 radical (unpaired) electrons. The molecule has 0 saturated heterocycles. The molecule has 0 saturated carbocycles. The smallest absolute Gasteiger partial charge is 0.345 e. The summed E-state index contributed by atoms with van der Waals surface area (Å²) in [5.74, 6) is -1.75. The number of nitro benzene ring substituents is 1. The van der Waals surface area contributed by atoms with Gasteiger partial charge in [-0.25, -0.2) is 4.79 Å². The number of nitrogens with zero attached hydrogens (tertiary/aromatic N) is 1. The third kappa shape index (κ3) is 4.87. The molecule has 8 nitrogen and oxygen atoms in total. The van der Waals surface area contributed by atoms with Crippen LogP contribution in [0.3, 0.4) is 0 Å². The van der Waals surface area contributed by atoms with E-state index in [1.807, 2.05) is 0 Å². The largest absolute Gasteiger partial charge is 0.454 e. The van der Waals surface area contributed by atoms with Gasteiger partial charge in [-0.2, -0.15) is 0 Å². The molecule has 2 aromatic carbocycles. The predicted molar refractivity (Wildman–Crippen MR) is 93.5 cm³/mol. The normalized spacial score (nSPS) is 10.1. The Morgan fingerprint density at radius 1 is 1.15 bits per heavy atom. The van der Waals surface area contributed by atoms with Gasteiger partial charge in [-0.05, 0) is 36.4 Å². The van der Waals surface area contributed by atoms with Crippen LogP contribution in [-0.2, 0) is 9.53 Å². The molecule has 0 fully saturated rings. The van der Waals surface area contributed by atoms with Gasteiger partial charge in [0.15, 0.2) is 12.4 Å². The van der Waals surface area contributed by atoms with Crippen LogP contribution < -0.4 is 5.32 Å². The molecule has 0 atom stereocenters. The van der Waals surface area contributed by atoms with E-state index >= 15 is 0 Å². The quantitative estimate of drug-likeness (QED) is 0.358. The first-order valence-corrected chi connectivity index (χ1v) is 7.67. The van der Waals surface area contributed by atoms with Crippen LogP contribution >= 0.6 is 11.6 Å². The summed E-state index contributed by atoms with van der Waals surface area (Å²) in [4.78, 5) is 45.3. The Morgan fingerprint density at radius 3 is 2.38 bits per heavy atom. The highest BCUT2D eigenvalue weighted by molar-refractivity contribution is 6.31. The lowest BCUT2D eigenvalue weighted by Crippen LogP contribution is -2.15. The number of Topliss-reactive ketones (excluding diaryl/α,β-unsaturated/α-hetero) is 1. The lowest BCUT2D eigenvalue weighted by molar-refractivity contribution is -0.385. The van der Waals surface area contributed by atoms with Crippen molar-refractivity contribution in [1.29, 1.82) is 0 Å². The van der Waals surface area contributed by atoms with E-state index in [-0.39, 0.29) is 22.1 Å². The maximum atomic E-state index is 12.1. The Bertz CT molecular complexity index is 879. The van der Waals surface area contributed by atoms with Gasteiger partial charge in [-0.3, -0.25) is 19.7 Å². The van der Waals surface area contributed by atoms with E-state index in [0.717, 1.165) is 12.1 Å². The van der Waals surface area contributed by atoms with Crippen LogP contribution in [0.15, 0.2) is 42.5 Å². The number of nitro groups is 1. The van der Waals surface area contributed by atoms with Crippen molar-refractivity contribution < 1.29 is 24.0 Å². The second-order valence-corrected chi connectivity index (χ2v) is 5.61. The molecule has 1 amide bonds. The number of amides is 1. The summed E-state index contributed by atoms with van der Waals surface area (Å²) in [6.07, 6.45) is 0. The molecule has 0 unspecified atom stereocenters. The second kappa shape index (κ2) is 8.21. The number of rotatable bonds is 6. The van der Waals surface area contributed by atoms with Gasteiger partial charge < -0.3 is 10.1 Å². The number of hydrogen-bond acceptors (Lipinski definition) is 6. The van der Waals surface area contributed by atoms with Gasteiger partial charge in [0.1, 0.15) is 5.56 Å². The predicted octanol–water partition coefficient (Wildman–Crippen LogP) is 3.25. The SMILES string of the molecule is CC(=O)Nc1ccc(C(=O)COC(=O)c2ccc(Cl)cc2[N+](=O)[O-])cc1. The molecule has 2 rings (SSSR count). The van der Waals surface area contributed by atoms with Crippen LogP contribution in [0.4, 0.5) is 11.4 Å². The van der Waals surface area contributed by atoms with Crippen LogP contribution in [0, 0.1) is 10.1 Å². The minimum absolute atomic E-state index is 0.101. The van der Waals surface area contributed by atoms with Crippen LogP contribution in [0.2, 0.25) is 5.02 Å². The lowest BCUT2D eigenvalue weighted by Gasteiger charge is -2.06. The zero-order chi connectivity index (χ0) is 19.3. The van der Waals surface area contributed by atoms with Gasteiger partial charge >= 0.3 is 5.97 Å². The molecule has 9 heteroatoms. The van der Waals surface area contributed by atoms with Crippen molar-refractivity contribution in [2.24, 2.45) is 0 Å². The first-order chi connectivity index (χ1) is 12.3. The Morgan fingerprint density at radius 2 is 1.81 bits per heavy atom. The Balaban J connectivity index is 2.04. The Hall–Kier alpha value is -3.26. The molecule has 0 bridgehead atoms. The van der Waals surface area contributed by atoms with Gasteiger partial charge in [0.25, 0.3) is 5.69 Å². The number of halogens is 1. The molecule has 26 heavy (non-hydrogen) atoms. The number of carbonyl (C=O) groups excluding carboxylic acids is 3. The number of esters is 1. The molecule has 0 aliphatic heterocycles. The molecule has 2 aromatic rings. The van der Waals surface area contributed by atoms with E-state index < -0.39 is 29.0 Å². The molecule has 1 N–H and O–H groups in total. The van der Waals surface area contributed by atoms with Crippen LogP contribution in [0.5, 0.6) is 0 Å². The molecular formula is C17H13ClN2O6. The van der Waals surface area contributed by atoms with Crippen LogP contribution in [0.1, 0.15) is 27.6 Å². The number of benzene rings is 2. The number of ketones is 1.